The molecule has 0 saturated carbocycles. The summed E-state index contributed by atoms with van der Waals surface area (Å²) in [4.78, 5) is 14.6. The molecule has 0 aliphatic rings. The molecule has 1 amide bonds. The number of anilines is 2. The highest BCUT2D eigenvalue weighted by molar-refractivity contribution is 9.10. The first kappa shape index (κ1) is 21.7. The van der Waals surface area contributed by atoms with Crippen molar-refractivity contribution in [1.82, 2.24) is 0 Å². The van der Waals surface area contributed by atoms with Gasteiger partial charge in [-0.3, -0.25) is 9.10 Å². The van der Waals surface area contributed by atoms with E-state index in [-0.39, 0.29) is 5.69 Å². The molecule has 3 aromatic carbocycles. The first-order valence-electron chi connectivity index (χ1n) is 8.52. The van der Waals surface area contributed by atoms with E-state index in [0.717, 1.165) is 10.2 Å². The number of carbonyl (C=O) groups is 1. The Morgan fingerprint density at radius 2 is 1.59 bits per heavy atom. The normalized spacial score (nSPS) is 11.8. The van der Waals surface area contributed by atoms with E-state index in [9.17, 15) is 13.4 Å². The fourth-order valence-corrected chi connectivity index (χ4v) is 4.35. The predicted octanol–water partition coefficient (Wildman–Crippen LogP) is 5.79. The number of carbonyl (C=O) groups excluding carboxylic acids is 1. The molecule has 0 aromatic heterocycles. The van der Waals surface area contributed by atoms with Crippen LogP contribution in [0, 0.1) is 5.82 Å². The molecule has 0 fully saturated rings. The Labute approximate surface area is 188 Å². The molecule has 4 nitrogen and oxygen atoms in total. The van der Waals surface area contributed by atoms with Gasteiger partial charge in [-0.2, -0.15) is 0 Å². The highest BCUT2D eigenvalue weighted by Crippen LogP contribution is 2.25. The largest absolute Gasteiger partial charge is 0.309 e. The molecule has 0 heterocycles. The van der Waals surface area contributed by atoms with Crippen LogP contribution in [0.5, 0.6) is 0 Å². The van der Waals surface area contributed by atoms with E-state index in [1.54, 1.807) is 41.7 Å². The highest BCUT2D eigenvalue weighted by atomic mass is 79.9. The summed E-state index contributed by atoms with van der Waals surface area (Å²) in [5, 5.41) is 0. The standard InChI is InChI=1S/C21H17Br2FN2O2S/c1-25(20-11-8-16(23)13-19(20)24)21(27)14-4-3-5-18(12-14)29(28)26(2)17-9-6-15(22)7-10-17/h3-13H,1-2H3. The van der Waals surface area contributed by atoms with Crippen molar-refractivity contribution >= 4 is 60.1 Å². The molecule has 0 bridgehead atoms. The molecule has 3 rings (SSSR count). The van der Waals surface area contributed by atoms with Crippen LogP contribution in [0.2, 0.25) is 0 Å². The SMILES string of the molecule is CN(C(=O)c1cccc(S(=O)N(C)c2ccc(Br)cc2)c1)c1ccc(Br)cc1F. The summed E-state index contributed by atoms with van der Waals surface area (Å²) in [5.74, 6) is -0.902. The van der Waals surface area contributed by atoms with Crippen LogP contribution in [0.1, 0.15) is 10.4 Å². The van der Waals surface area contributed by atoms with E-state index in [0.29, 0.717) is 14.9 Å². The van der Waals surface area contributed by atoms with Crippen molar-refractivity contribution in [3.63, 3.8) is 0 Å². The lowest BCUT2D eigenvalue weighted by Crippen LogP contribution is -2.27. The Morgan fingerprint density at radius 1 is 0.931 bits per heavy atom. The Bertz CT molecular complexity index is 1080. The smallest absolute Gasteiger partial charge is 0.258 e. The highest BCUT2D eigenvalue weighted by Gasteiger charge is 2.19. The van der Waals surface area contributed by atoms with Crippen LogP contribution in [-0.2, 0) is 11.0 Å². The van der Waals surface area contributed by atoms with Gasteiger partial charge in [0.2, 0.25) is 0 Å². The first-order valence-corrected chi connectivity index (χ1v) is 11.2. The van der Waals surface area contributed by atoms with Gasteiger partial charge in [-0.15, -0.1) is 0 Å². The van der Waals surface area contributed by atoms with Crippen LogP contribution in [0.3, 0.4) is 0 Å². The van der Waals surface area contributed by atoms with Gasteiger partial charge in [-0.1, -0.05) is 37.9 Å². The molecule has 0 saturated heterocycles. The molecule has 3 aromatic rings. The van der Waals surface area contributed by atoms with Crippen molar-refractivity contribution in [3.05, 3.63) is 87.1 Å². The summed E-state index contributed by atoms with van der Waals surface area (Å²) in [6.45, 7) is 0. The van der Waals surface area contributed by atoms with Gasteiger partial charge in [0.15, 0.2) is 11.0 Å². The summed E-state index contributed by atoms with van der Waals surface area (Å²) in [7, 11) is 1.71. The predicted molar refractivity (Wildman–Crippen MR) is 122 cm³/mol. The number of hydrogen-bond acceptors (Lipinski definition) is 2. The summed E-state index contributed by atoms with van der Waals surface area (Å²) < 4.78 is 30.3. The van der Waals surface area contributed by atoms with Crippen molar-refractivity contribution in [3.8, 4) is 0 Å². The summed E-state index contributed by atoms with van der Waals surface area (Å²) >= 11 is 6.58. The van der Waals surface area contributed by atoms with Crippen molar-refractivity contribution < 1.29 is 13.4 Å². The third-order valence-electron chi connectivity index (χ3n) is 4.30. The number of amides is 1. The third-order valence-corrected chi connectivity index (χ3v) is 6.68. The molecule has 1 atom stereocenters. The van der Waals surface area contributed by atoms with Gasteiger partial charge in [0, 0.05) is 34.3 Å². The van der Waals surface area contributed by atoms with Crippen molar-refractivity contribution in [2.75, 3.05) is 23.3 Å². The van der Waals surface area contributed by atoms with E-state index < -0.39 is 22.7 Å². The minimum atomic E-state index is -1.51. The van der Waals surface area contributed by atoms with Crippen LogP contribution in [-0.4, -0.2) is 24.2 Å². The maximum Gasteiger partial charge on any atom is 0.258 e. The molecule has 1 unspecified atom stereocenters. The molecule has 29 heavy (non-hydrogen) atoms. The monoisotopic (exact) mass is 538 g/mol. The van der Waals surface area contributed by atoms with Crippen LogP contribution in [0.15, 0.2) is 80.6 Å². The molecule has 0 spiro atoms. The van der Waals surface area contributed by atoms with Gasteiger partial charge in [-0.05, 0) is 60.7 Å². The third kappa shape index (κ3) is 4.94. The lowest BCUT2D eigenvalue weighted by atomic mass is 10.2. The molecule has 8 heteroatoms. The van der Waals surface area contributed by atoms with E-state index in [1.165, 1.54) is 24.1 Å². The number of benzene rings is 3. The van der Waals surface area contributed by atoms with Gasteiger partial charge >= 0.3 is 0 Å². The van der Waals surface area contributed by atoms with E-state index >= 15 is 0 Å². The second-order valence-electron chi connectivity index (χ2n) is 6.21. The fourth-order valence-electron chi connectivity index (χ4n) is 2.70. The van der Waals surface area contributed by atoms with Crippen LogP contribution in [0.4, 0.5) is 15.8 Å². The second-order valence-corrected chi connectivity index (χ2v) is 9.56. The zero-order valence-corrected chi connectivity index (χ0v) is 19.6. The number of halogens is 3. The topological polar surface area (TPSA) is 40.6 Å². The number of hydrogen-bond donors (Lipinski definition) is 0. The van der Waals surface area contributed by atoms with Gasteiger partial charge < -0.3 is 4.90 Å². The van der Waals surface area contributed by atoms with Gasteiger partial charge in [0.25, 0.3) is 5.91 Å². The molecule has 0 aliphatic carbocycles. The molecular weight excluding hydrogens is 523 g/mol. The van der Waals surface area contributed by atoms with Gasteiger partial charge in [0.1, 0.15) is 5.82 Å². The lowest BCUT2D eigenvalue weighted by Gasteiger charge is -2.20. The molecule has 0 radical (unpaired) electrons. The van der Waals surface area contributed by atoms with Gasteiger partial charge in [-0.25, -0.2) is 8.60 Å². The Hall–Kier alpha value is -2.03. The zero-order valence-electron chi connectivity index (χ0n) is 15.6. The second kappa shape index (κ2) is 9.19. The molecule has 0 aliphatic heterocycles. The Kier molecular flexibility index (Phi) is 6.87. The van der Waals surface area contributed by atoms with E-state index in [4.69, 9.17) is 0 Å². The number of nitrogens with zero attached hydrogens (tertiary/aromatic N) is 2. The van der Waals surface area contributed by atoms with Crippen LogP contribution < -0.4 is 9.21 Å². The summed E-state index contributed by atoms with van der Waals surface area (Å²) in [6.07, 6.45) is 0. The minimum absolute atomic E-state index is 0.164. The van der Waals surface area contributed by atoms with E-state index in [1.807, 2.05) is 24.3 Å². The molecular formula is C21H17Br2FN2O2S. The Balaban J connectivity index is 1.85. The van der Waals surface area contributed by atoms with Crippen molar-refractivity contribution in [2.24, 2.45) is 0 Å². The van der Waals surface area contributed by atoms with Crippen LogP contribution in [0.25, 0.3) is 0 Å². The average molecular weight is 540 g/mol. The molecule has 0 N–H and O–H groups in total. The fraction of sp³-hybridized carbons (Fsp3) is 0.0952. The molecule has 150 valence electrons. The summed E-state index contributed by atoms with van der Waals surface area (Å²) in [5.41, 5.74) is 1.26. The average Bonchev–Trinajstić information content (AvgIpc) is 2.72. The van der Waals surface area contributed by atoms with E-state index in [2.05, 4.69) is 31.9 Å². The maximum atomic E-state index is 14.2. The van der Waals surface area contributed by atoms with Crippen LogP contribution >= 0.6 is 31.9 Å². The van der Waals surface area contributed by atoms with Crippen molar-refractivity contribution in [1.29, 1.82) is 0 Å². The maximum absolute atomic E-state index is 14.2. The first-order chi connectivity index (χ1) is 13.8. The summed E-state index contributed by atoms with van der Waals surface area (Å²) in [6, 6.07) is 18.5. The Morgan fingerprint density at radius 3 is 2.24 bits per heavy atom. The van der Waals surface area contributed by atoms with Gasteiger partial charge in [0.05, 0.1) is 10.6 Å². The zero-order chi connectivity index (χ0) is 21.1. The minimum Gasteiger partial charge on any atom is -0.309 e. The van der Waals surface area contributed by atoms with Crippen molar-refractivity contribution in [2.45, 2.75) is 4.90 Å². The quantitative estimate of drug-likeness (QED) is 0.412. The number of rotatable bonds is 5. The lowest BCUT2D eigenvalue weighted by molar-refractivity contribution is 0.0992.